The van der Waals surface area contributed by atoms with E-state index < -0.39 is 0 Å². The first-order valence-corrected chi connectivity index (χ1v) is 10.7. The molecule has 1 atom stereocenters. The van der Waals surface area contributed by atoms with Crippen molar-refractivity contribution in [3.8, 4) is 0 Å². The lowest BCUT2D eigenvalue weighted by Gasteiger charge is -2.15. The van der Waals surface area contributed by atoms with Crippen molar-refractivity contribution >= 4 is 32.3 Å². The summed E-state index contributed by atoms with van der Waals surface area (Å²) in [6.45, 7) is 1.98. The highest BCUT2D eigenvalue weighted by Crippen LogP contribution is 2.36. The Bertz CT molecular complexity index is 1070. The van der Waals surface area contributed by atoms with Crippen molar-refractivity contribution in [3.63, 3.8) is 0 Å². The minimum Gasteiger partial charge on any atom is -0.344 e. The van der Waals surface area contributed by atoms with Crippen LogP contribution in [0.2, 0.25) is 0 Å². The SMILES string of the molecule is c1ccc2c(c1)cnn2C1CCN(c2nn3cc(C4CCCC4)nc3s2)C1. The van der Waals surface area contributed by atoms with Crippen LogP contribution in [0.15, 0.2) is 36.7 Å². The van der Waals surface area contributed by atoms with E-state index in [4.69, 9.17) is 10.1 Å². The number of aromatic nitrogens is 5. The van der Waals surface area contributed by atoms with Gasteiger partial charge in [0.1, 0.15) is 0 Å². The zero-order valence-electron chi connectivity index (χ0n) is 15.2. The van der Waals surface area contributed by atoms with Gasteiger partial charge in [-0.2, -0.15) is 5.10 Å². The van der Waals surface area contributed by atoms with Crippen LogP contribution in [0.3, 0.4) is 0 Å². The van der Waals surface area contributed by atoms with Crippen molar-refractivity contribution in [3.05, 3.63) is 42.4 Å². The molecule has 0 amide bonds. The van der Waals surface area contributed by atoms with Crippen LogP contribution in [0.25, 0.3) is 15.9 Å². The van der Waals surface area contributed by atoms with E-state index in [1.165, 1.54) is 42.3 Å². The highest BCUT2D eigenvalue weighted by atomic mass is 32.1. The van der Waals surface area contributed by atoms with Gasteiger partial charge >= 0.3 is 0 Å². The Kier molecular flexibility index (Phi) is 3.50. The summed E-state index contributed by atoms with van der Waals surface area (Å²) in [6, 6.07) is 8.84. The van der Waals surface area contributed by atoms with Crippen molar-refractivity contribution in [2.75, 3.05) is 18.0 Å². The molecule has 1 unspecified atom stereocenters. The van der Waals surface area contributed by atoms with Gasteiger partial charge in [-0.15, -0.1) is 5.10 Å². The second kappa shape index (κ2) is 6.05. The summed E-state index contributed by atoms with van der Waals surface area (Å²) in [5, 5.41) is 11.8. The predicted octanol–water partition coefficient (Wildman–Crippen LogP) is 4.25. The van der Waals surface area contributed by atoms with E-state index in [-0.39, 0.29) is 0 Å². The first-order chi connectivity index (χ1) is 13.3. The Labute approximate surface area is 161 Å². The number of nitrogens with zero attached hydrogens (tertiary/aromatic N) is 6. The molecule has 4 heterocycles. The van der Waals surface area contributed by atoms with Crippen LogP contribution in [0.4, 0.5) is 5.13 Å². The van der Waals surface area contributed by atoms with Crippen molar-refractivity contribution < 1.29 is 0 Å². The molecule has 2 fully saturated rings. The maximum Gasteiger partial charge on any atom is 0.214 e. The number of fused-ring (bicyclic) bond motifs is 2. The lowest BCUT2D eigenvalue weighted by atomic mass is 10.1. The summed E-state index contributed by atoms with van der Waals surface area (Å²) in [5.41, 5.74) is 2.46. The molecule has 1 aliphatic heterocycles. The van der Waals surface area contributed by atoms with Gasteiger partial charge in [0.2, 0.25) is 10.1 Å². The number of para-hydroxylation sites is 1. The van der Waals surface area contributed by atoms with Crippen molar-refractivity contribution in [2.45, 2.75) is 44.1 Å². The maximum absolute atomic E-state index is 4.87. The molecule has 0 radical (unpaired) electrons. The predicted molar refractivity (Wildman–Crippen MR) is 108 cm³/mol. The summed E-state index contributed by atoms with van der Waals surface area (Å²) in [6.07, 6.45) is 10.5. The number of hydrogen-bond acceptors (Lipinski definition) is 5. The lowest BCUT2D eigenvalue weighted by molar-refractivity contribution is 0.511. The van der Waals surface area contributed by atoms with Crippen LogP contribution >= 0.6 is 11.3 Å². The van der Waals surface area contributed by atoms with Crippen LogP contribution in [-0.4, -0.2) is 37.5 Å². The fourth-order valence-corrected chi connectivity index (χ4v) is 5.58. The van der Waals surface area contributed by atoms with Crippen LogP contribution in [0.5, 0.6) is 0 Å². The molecule has 4 aromatic rings. The number of hydrogen-bond donors (Lipinski definition) is 0. The molecule has 3 aromatic heterocycles. The highest BCUT2D eigenvalue weighted by molar-refractivity contribution is 7.20. The van der Waals surface area contributed by atoms with Gasteiger partial charge in [0.05, 0.1) is 29.6 Å². The zero-order chi connectivity index (χ0) is 17.8. The second-order valence-corrected chi connectivity index (χ2v) is 8.73. The van der Waals surface area contributed by atoms with Crippen molar-refractivity contribution in [1.82, 2.24) is 24.4 Å². The van der Waals surface area contributed by atoms with E-state index in [0.29, 0.717) is 12.0 Å². The molecule has 6 nitrogen and oxygen atoms in total. The third-order valence-electron chi connectivity index (χ3n) is 6.11. The van der Waals surface area contributed by atoms with Crippen molar-refractivity contribution in [1.29, 1.82) is 0 Å². The Morgan fingerprint density at radius 1 is 1.07 bits per heavy atom. The highest BCUT2D eigenvalue weighted by Gasteiger charge is 2.28. The van der Waals surface area contributed by atoms with E-state index in [1.54, 1.807) is 11.3 Å². The summed E-state index contributed by atoms with van der Waals surface area (Å²) in [4.78, 5) is 8.28. The van der Waals surface area contributed by atoms with Crippen molar-refractivity contribution in [2.24, 2.45) is 0 Å². The number of benzene rings is 1. The van der Waals surface area contributed by atoms with Gasteiger partial charge in [0, 0.05) is 24.4 Å². The number of imidazole rings is 1. The van der Waals surface area contributed by atoms with Gasteiger partial charge in [-0.1, -0.05) is 42.4 Å². The largest absolute Gasteiger partial charge is 0.344 e. The first kappa shape index (κ1) is 15.6. The molecule has 7 heteroatoms. The molecular formula is C20H22N6S. The minimum atomic E-state index is 0.398. The molecule has 2 aliphatic rings. The Balaban J connectivity index is 1.24. The molecule has 0 bridgehead atoms. The van der Waals surface area contributed by atoms with Gasteiger partial charge in [-0.25, -0.2) is 9.50 Å². The van der Waals surface area contributed by atoms with E-state index in [2.05, 4.69) is 45.1 Å². The Hall–Kier alpha value is -2.41. The normalized spacial score (nSPS) is 21.2. The zero-order valence-corrected chi connectivity index (χ0v) is 16.0. The quantitative estimate of drug-likeness (QED) is 0.535. The monoisotopic (exact) mass is 378 g/mol. The molecule has 0 spiro atoms. The molecule has 1 saturated carbocycles. The van der Waals surface area contributed by atoms with Gasteiger partial charge < -0.3 is 4.90 Å². The lowest BCUT2D eigenvalue weighted by Crippen LogP contribution is -2.21. The summed E-state index contributed by atoms with van der Waals surface area (Å²) >= 11 is 1.71. The third kappa shape index (κ3) is 2.56. The topological polar surface area (TPSA) is 51.2 Å². The molecule has 27 heavy (non-hydrogen) atoms. The average Bonchev–Trinajstić information content (AvgIpc) is 3.48. The summed E-state index contributed by atoms with van der Waals surface area (Å²) in [7, 11) is 0. The standard InChI is InChI=1S/C20H22N6S/c1-2-6-14(5-1)17-13-25-19(22-17)27-20(23-25)24-10-9-16(12-24)26-18-8-4-3-7-15(18)11-21-26/h3-4,7-8,11,13-14,16H,1-2,5-6,9-10,12H2. The van der Waals surface area contributed by atoms with Crippen LogP contribution in [0, 0.1) is 0 Å². The molecule has 0 N–H and O–H groups in total. The first-order valence-electron chi connectivity index (χ1n) is 9.88. The van der Waals surface area contributed by atoms with Crippen LogP contribution in [0.1, 0.15) is 49.8 Å². The third-order valence-corrected chi connectivity index (χ3v) is 7.09. The van der Waals surface area contributed by atoms with E-state index in [0.717, 1.165) is 29.6 Å². The fourth-order valence-electron chi connectivity index (χ4n) is 4.65. The van der Waals surface area contributed by atoms with Crippen LogP contribution in [-0.2, 0) is 0 Å². The molecule has 6 rings (SSSR count). The van der Waals surface area contributed by atoms with Gasteiger partial charge in [-0.3, -0.25) is 4.68 Å². The van der Waals surface area contributed by atoms with E-state index in [1.807, 2.05) is 10.7 Å². The van der Waals surface area contributed by atoms with Gasteiger partial charge in [0.15, 0.2) is 0 Å². The Morgan fingerprint density at radius 2 is 1.96 bits per heavy atom. The molecular weight excluding hydrogens is 356 g/mol. The van der Waals surface area contributed by atoms with Gasteiger partial charge in [0.25, 0.3) is 0 Å². The van der Waals surface area contributed by atoms with Gasteiger partial charge in [-0.05, 0) is 25.3 Å². The average molecular weight is 379 g/mol. The van der Waals surface area contributed by atoms with E-state index in [9.17, 15) is 0 Å². The smallest absolute Gasteiger partial charge is 0.214 e. The van der Waals surface area contributed by atoms with Crippen LogP contribution < -0.4 is 4.90 Å². The molecule has 1 saturated heterocycles. The summed E-state index contributed by atoms with van der Waals surface area (Å²) < 4.78 is 4.18. The Morgan fingerprint density at radius 3 is 2.85 bits per heavy atom. The fraction of sp³-hybridized carbons (Fsp3) is 0.450. The number of rotatable bonds is 3. The summed E-state index contributed by atoms with van der Waals surface area (Å²) in [5.74, 6) is 0.645. The number of anilines is 1. The second-order valence-electron chi connectivity index (χ2n) is 7.80. The maximum atomic E-state index is 4.87. The van der Waals surface area contributed by atoms with E-state index >= 15 is 0 Å². The minimum absolute atomic E-state index is 0.398. The molecule has 1 aromatic carbocycles. The molecule has 138 valence electrons. The molecule has 1 aliphatic carbocycles.